The van der Waals surface area contributed by atoms with Gasteiger partial charge < -0.3 is 9.64 Å². The molecule has 1 spiro atoms. The van der Waals surface area contributed by atoms with Crippen LogP contribution in [0.3, 0.4) is 0 Å². The number of sulfone groups is 1. The highest BCUT2D eigenvalue weighted by Crippen LogP contribution is 2.39. The van der Waals surface area contributed by atoms with Gasteiger partial charge in [0.05, 0.1) is 16.3 Å². The molecule has 0 saturated carbocycles. The molecule has 2 aliphatic rings. The molecule has 1 aromatic heterocycles. The van der Waals surface area contributed by atoms with Crippen molar-refractivity contribution in [3.63, 3.8) is 0 Å². The molecule has 224 valence electrons. The van der Waals surface area contributed by atoms with Crippen LogP contribution in [0.25, 0.3) is 0 Å². The van der Waals surface area contributed by atoms with Gasteiger partial charge in [0, 0.05) is 45.3 Å². The summed E-state index contributed by atoms with van der Waals surface area (Å²) in [4.78, 5) is 22.5. The summed E-state index contributed by atoms with van der Waals surface area (Å²) in [5.41, 5.74) is 2.46. The number of carbonyl (C=O) groups excluding carboxylic acids is 1. The second kappa shape index (κ2) is 14.3. The van der Waals surface area contributed by atoms with E-state index in [0.717, 1.165) is 82.7 Å². The van der Waals surface area contributed by atoms with E-state index in [1.165, 1.54) is 5.56 Å². The zero-order valence-electron chi connectivity index (χ0n) is 24.5. The third-order valence-corrected chi connectivity index (χ3v) is 10.6. The van der Waals surface area contributed by atoms with Gasteiger partial charge >= 0.3 is 0 Å². The van der Waals surface area contributed by atoms with Crippen LogP contribution in [0.4, 0.5) is 0 Å². The minimum absolute atomic E-state index is 0.00574. The van der Waals surface area contributed by atoms with Crippen molar-refractivity contribution < 1.29 is 17.9 Å². The molecule has 1 saturated heterocycles. The van der Waals surface area contributed by atoms with Gasteiger partial charge in [0.2, 0.25) is 5.91 Å². The smallest absolute Gasteiger partial charge is 0.222 e. The molecule has 0 radical (unpaired) electrons. The number of pyridine rings is 1. The summed E-state index contributed by atoms with van der Waals surface area (Å²) in [6.45, 7) is 4.60. The van der Waals surface area contributed by atoms with E-state index in [1.807, 2.05) is 29.3 Å². The highest BCUT2D eigenvalue weighted by atomic mass is 32.2. The molecule has 1 fully saturated rings. The summed E-state index contributed by atoms with van der Waals surface area (Å²) in [7, 11) is -3.37. The Morgan fingerprint density at radius 1 is 0.881 bits per heavy atom. The maximum atomic E-state index is 13.1. The Hall–Kier alpha value is -3.23. The Morgan fingerprint density at radius 3 is 2.43 bits per heavy atom. The van der Waals surface area contributed by atoms with Crippen molar-refractivity contribution in [2.45, 2.75) is 62.8 Å². The Labute approximate surface area is 250 Å². The number of nitrogens with zero attached hydrogens (tertiary/aromatic N) is 3. The van der Waals surface area contributed by atoms with Crippen molar-refractivity contribution in [1.29, 1.82) is 0 Å². The molecule has 0 atom stereocenters. The van der Waals surface area contributed by atoms with E-state index in [-0.39, 0.29) is 23.5 Å². The van der Waals surface area contributed by atoms with Crippen molar-refractivity contribution in [2.24, 2.45) is 5.41 Å². The molecule has 42 heavy (non-hydrogen) atoms. The van der Waals surface area contributed by atoms with E-state index in [9.17, 15) is 13.2 Å². The first-order chi connectivity index (χ1) is 20.4. The number of para-hydroxylation sites is 1. The fourth-order valence-corrected chi connectivity index (χ4v) is 7.73. The molecular weight excluding hydrogens is 546 g/mol. The number of amides is 1. The fraction of sp³-hybridized carbons (Fsp3) is 0.471. The topological polar surface area (TPSA) is 79.8 Å². The summed E-state index contributed by atoms with van der Waals surface area (Å²) < 4.78 is 31.6. The van der Waals surface area contributed by atoms with Crippen LogP contribution in [-0.2, 0) is 27.6 Å². The van der Waals surface area contributed by atoms with Gasteiger partial charge in [0.15, 0.2) is 9.84 Å². The number of fused-ring (bicyclic) bond motifs is 1. The molecule has 2 aromatic carbocycles. The first-order valence-electron chi connectivity index (χ1n) is 15.3. The Morgan fingerprint density at radius 2 is 1.64 bits per heavy atom. The molecule has 0 aliphatic carbocycles. The molecule has 0 N–H and O–H groups in total. The van der Waals surface area contributed by atoms with Crippen molar-refractivity contribution in [1.82, 2.24) is 14.8 Å². The number of likely N-dealkylation sites (tertiary alicyclic amines) is 1. The standard InChI is InChI=1S/C34H43N3O4S/c38-33(17-10-26-42(39,40)31-14-2-1-3-15-31)37-22-19-34(20-23-37)18-8-6-12-29-11-4-5-16-32(29)41-25-24-36(28-34)27-30-13-7-9-21-35-30/h1-5,7,9,11,13-16,21H,6,8,10,12,17-20,22-28H2. The van der Waals surface area contributed by atoms with Gasteiger partial charge in [-0.2, -0.15) is 0 Å². The van der Waals surface area contributed by atoms with Crippen molar-refractivity contribution in [3.8, 4) is 5.75 Å². The van der Waals surface area contributed by atoms with E-state index in [4.69, 9.17) is 4.74 Å². The van der Waals surface area contributed by atoms with Gasteiger partial charge in [-0.25, -0.2) is 8.42 Å². The fourth-order valence-electron chi connectivity index (χ4n) is 6.40. The normalized spacial score (nSPS) is 18.3. The molecule has 0 bridgehead atoms. The van der Waals surface area contributed by atoms with E-state index in [0.29, 0.717) is 17.9 Å². The van der Waals surface area contributed by atoms with Crippen molar-refractivity contribution >= 4 is 15.7 Å². The number of aromatic nitrogens is 1. The predicted octanol–water partition coefficient (Wildman–Crippen LogP) is 5.55. The highest BCUT2D eigenvalue weighted by molar-refractivity contribution is 7.91. The maximum absolute atomic E-state index is 13.1. The number of aryl methyl sites for hydroxylation is 1. The lowest BCUT2D eigenvalue weighted by Gasteiger charge is -2.45. The van der Waals surface area contributed by atoms with Crippen LogP contribution in [0.15, 0.2) is 83.9 Å². The monoisotopic (exact) mass is 589 g/mol. The summed E-state index contributed by atoms with van der Waals surface area (Å²) in [6.07, 6.45) is 8.76. The lowest BCUT2D eigenvalue weighted by Crippen LogP contribution is -2.48. The first kappa shape index (κ1) is 30.2. The van der Waals surface area contributed by atoms with Gasteiger partial charge in [0.1, 0.15) is 12.4 Å². The molecule has 0 unspecified atom stereocenters. The Kier molecular flexibility index (Phi) is 10.3. The molecular formula is C34H43N3O4S. The van der Waals surface area contributed by atoms with E-state index < -0.39 is 9.84 Å². The summed E-state index contributed by atoms with van der Waals surface area (Å²) in [5, 5.41) is 0. The Balaban J connectivity index is 1.21. The number of piperidine rings is 1. The maximum Gasteiger partial charge on any atom is 0.222 e. The number of benzene rings is 2. The second-order valence-electron chi connectivity index (χ2n) is 11.8. The lowest BCUT2D eigenvalue weighted by atomic mass is 9.73. The van der Waals surface area contributed by atoms with Gasteiger partial charge in [0.25, 0.3) is 0 Å². The number of hydrogen-bond donors (Lipinski definition) is 0. The average molecular weight is 590 g/mol. The van der Waals surface area contributed by atoms with Gasteiger partial charge in [-0.15, -0.1) is 0 Å². The van der Waals surface area contributed by atoms with E-state index in [1.54, 1.807) is 30.3 Å². The molecule has 3 heterocycles. The summed E-state index contributed by atoms with van der Waals surface area (Å²) in [6, 6.07) is 23.0. The lowest BCUT2D eigenvalue weighted by molar-refractivity contribution is -0.134. The minimum atomic E-state index is -3.37. The second-order valence-corrected chi connectivity index (χ2v) is 13.9. The van der Waals surface area contributed by atoms with Crippen LogP contribution in [0.2, 0.25) is 0 Å². The number of hydrogen-bond acceptors (Lipinski definition) is 6. The molecule has 1 amide bonds. The number of rotatable bonds is 7. The summed E-state index contributed by atoms with van der Waals surface area (Å²) >= 11 is 0. The zero-order chi connectivity index (χ0) is 29.3. The highest BCUT2D eigenvalue weighted by Gasteiger charge is 2.37. The van der Waals surface area contributed by atoms with Crippen LogP contribution in [0, 0.1) is 5.41 Å². The third-order valence-electron chi connectivity index (χ3n) is 8.79. The van der Waals surface area contributed by atoms with E-state index in [2.05, 4.69) is 34.1 Å². The first-order valence-corrected chi connectivity index (χ1v) is 17.0. The molecule has 3 aromatic rings. The quantitative estimate of drug-likeness (QED) is 0.360. The minimum Gasteiger partial charge on any atom is -0.492 e. The van der Waals surface area contributed by atoms with Crippen LogP contribution < -0.4 is 4.74 Å². The van der Waals surface area contributed by atoms with Crippen LogP contribution >= 0.6 is 0 Å². The molecule has 2 aliphatic heterocycles. The van der Waals surface area contributed by atoms with Gasteiger partial charge in [-0.1, -0.05) is 48.9 Å². The van der Waals surface area contributed by atoms with E-state index >= 15 is 0 Å². The van der Waals surface area contributed by atoms with Crippen molar-refractivity contribution in [2.75, 3.05) is 38.5 Å². The van der Waals surface area contributed by atoms with Crippen LogP contribution in [0.1, 0.15) is 56.2 Å². The summed E-state index contributed by atoms with van der Waals surface area (Å²) in [5.74, 6) is 1.05. The van der Waals surface area contributed by atoms with Gasteiger partial charge in [-0.05, 0) is 79.8 Å². The zero-order valence-corrected chi connectivity index (χ0v) is 25.3. The number of carbonyl (C=O) groups is 1. The Bertz CT molecular complexity index is 1390. The van der Waals surface area contributed by atoms with Crippen LogP contribution in [0.5, 0.6) is 5.75 Å². The van der Waals surface area contributed by atoms with Crippen LogP contribution in [-0.4, -0.2) is 67.6 Å². The number of ether oxygens (including phenoxy) is 1. The van der Waals surface area contributed by atoms with Gasteiger partial charge in [-0.3, -0.25) is 14.7 Å². The average Bonchev–Trinajstić information content (AvgIpc) is 3.00. The van der Waals surface area contributed by atoms with Crippen molar-refractivity contribution in [3.05, 3.63) is 90.3 Å². The molecule has 7 nitrogen and oxygen atoms in total. The molecule has 5 rings (SSSR count). The third kappa shape index (κ3) is 8.19. The SMILES string of the molecule is O=C(CCCS(=O)(=O)c1ccccc1)N1CCC2(CCCCc3ccccc3OCCN(Cc3ccccn3)C2)CC1. The largest absolute Gasteiger partial charge is 0.492 e. The predicted molar refractivity (Wildman–Crippen MR) is 165 cm³/mol. The molecule has 8 heteroatoms.